The van der Waals surface area contributed by atoms with E-state index in [1.54, 1.807) is 6.92 Å². The van der Waals surface area contributed by atoms with E-state index >= 15 is 0 Å². The first-order valence-electron chi connectivity index (χ1n) is 9.84. The smallest absolute Gasteiger partial charge is 0.342 e. The summed E-state index contributed by atoms with van der Waals surface area (Å²) in [5, 5.41) is 0.543. The molecule has 2 heterocycles. The molecule has 7 heteroatoms. The number of halogens is 1. The van der Waals surface area contributed by atoms with Gasteiger partial charge in [-0.25, -0.2) is 4.79 Å². The first-order chi connectivity index (χ1) is 14.5. The Bertz CT molecular complexity index is 1120. The maximum absolute atomic E-state index is 13.0. The Morgan fingerprint density at radius 1 is 1.17 bits per heavy atom. The molecular formula is C23H22ClNO5. The van der Waals surface area contributed by atoms with Crippen LogP contribution in [0.2, 0.25) is 5.02 Å². The molecule has 0 aliphatic carbocycles. The van der Waals surface area contributed by atoms with E-state index in [0.717, 1.165) is 18.7 Å². The number of nitrogens with zero attached hydrogens (tertiary/aromatic N) is 1. The second kappa shape index (κ2) is 9.00. The lowest BCUT2D eigenvalue weighted by molar-refractivity contribution is 0.0196. The summed E-state index contributed by atoms with van der Waals surface area (Å²) in [6.07, 6.45) is 0. The van der Waals surface area contributed by atoms with Crippen molar-refractivity contribution in [1.29, 1.82) is 0 Å². The van der Waals surface area contributed by atoms with Crippen LogP contribution in [-0.2, 0) is 9.47 Å². The molecule has 1 aromatic heterocycles. The Morgan fingerprint density at radius 3 is 2.63 bits per heavy atom. The highest BCUT2D eigenvalue weighted by Gasteiger charge is 2.21. The molecule has 4 rings (SSSR count). The number of rotatable bonds is 5. The van der Waals surface area contributed by atoms with Crippen molar-refractivity contribution in [3.63, 3.8) is 0 Å². The highest BCUT2D eigenvalue weighted by atomic mass is 35.5. The van der Waals surface area contributed by atoms with E-state index in [1.165, 1.54) is 12.1 Å². The zero-order valence-corrected chi connectivity index (χ0v) is 17.4. The van der Waals surface area contributed by atoms with Crippen LogP contribution in [0.3, 0.4) is 0 Å². The molecule has 0 radical (unpaired) electrons. The minimum absolute atomic E-state index is 0.147. The molecular weight excluding hydrogens is 406 g/mol. The number of morpholine rings is 1. The van der Waals surface area contributed by atoms with Crippen molar-refractivity contribution in [3.8, 4) is 11.3 Å². The lowest BCUT2D eigenvalue weighted by Crippen LogP contribution is -2.38. The van der Waals surface area contributed by atoms with Gasteiger partial charge in [-0.15, -0.1) is 0 Å². The third-order valence-corrected chi connectivity index (χ3v) is 5.40. The first-order valence-corrected chi connectivity index (χ1v) is 10.2. The van der Waals surface area contributed by atoms with Gasteiger partial charge in [0.1, 0.15) is 17.9 Å². The van der Waals surface area contributed by atoms with Gasteiger partial charge in [-0.3, -0.25) is 9.69 Å². The minimum Gasteiger partial charge on any atom is -0.461 e. The number of benzene rings is 2. The van der Waals surface area contributed by atoms with Crippen LogP contribution in [0.4, 0.5) is 0 Å². The number of hydrogen-bond acceptors (Lipinski definition) is 6. The number of esters is 1. The Balaban J connectivity index is 1.67. The molecule has 2 aromatic carbocycles. The summed E-state index contributed by atoms with van der Waals surface area (Å²) in [7, 11) is 0. The van der Waals surface area contributed by atoms with Crippen molar-refractivity contribution in [2.24, 2.45) is 0 Å². The Kier molecular flexibility index (Phi) is 6.18. The summed E-state index contributed by atoms with van der Waals surface area (Å²) in [5.41, 5.74) is 1.33. The molecule has 0 bridgehead atoms. The maximum atomic E-state index is 13.0. The second-order valence-electron chi connectivity index (χ2n) is 7.17. The van der Waals surface area contributed by atoms with Gasteiger partial charge in [-0.1, -0.05) is 41.9 Å². The van der Waals surface area contributed by atoms with E-state index in [1.807, 2.05) is 30.3 Å². The lowest BCUT2D eigenvalue weighted by atomic mass is 10.0. The van der Waals surface area contributed by atoms with Gasteiger partial charge in [0.15, 0.2) is 11.0 Å². The van der Waals surface area contributed by atoms with Crippen molar-refractivity contribution >= 4 is 28.5 Å². The number of ether oxygens (including phenoxy) is 2. The van der Waals surface area contributed by atoms with Gasteiger partial charge in [0, 0.05) is 35.8 Å². The monoisotopic (exact) mass is 427 g/mol. The predicted octanol–water partition coefficient (Wildman–Crippen LogP) is 3.91. The van der Waals surface area contributed by atoms with Gasteiger partial charge in [0.05, 0.1) is 18.6 Å². The first kappa shape index (κ1) is 20.6. The molecule has 6 nitrogen and oxygen atoms in total. The third kappa shape index (κ3) is 4.26. The van der Waals surface area contributed by atoms with Crippen molar-refractivity contribution in [2.75, 3.05) is 39.5 Å². The van der Waals surface area contributed by atoms with Gasteiger partial charge in [-0.2, -0.15) is 0 Å². The van der Waals surface area contributed by atoms with Gasteiger partial charge < -0.3 is 13.9 Å². The largest absolute Gasteiger partial charge is 0.461 e. The number of fused-ring (bicyclic) bond motifs is 1. The van der Waals surface area contributed by atoms with Crippen LogP contribution in [0.15, 0.2) is 51.7 Å². The predicted molar refractivity (Wildman–Crippen MR) is 115 cm³/mol. The molecule has 0 N–H and O–H groups in total. The summed E-state index contributed by atoms with van der Waals surface area (Å²) in [4.78, 5) is 28.0. The third-order valence-electron chi connectivity index (χ3n) is 5.18. The molecule has 30 heavy (non-hydrogen) atoms. The minimum atomic E-state index is -0.568. The topological polar surface area (TPSA) is 69.0 Å². The van der Waals surface area contributed by atoms with E-state index in [9.17, 15) is 9.59 Å². The summed E-state index contributed by atoms with van der Waals surface area (Å²) in [6, 6.07) is 12.3. The second-order valence-corrected chi connectivity index (χ2v) is 7.61. The van der Waals surface area contributed by atoms with Crippen LogP contribution in [0.25, 0.3) is 22.3 Å². The Morgan fingerprint density at radius 2 is 1.90 bits per heavy atom. The summed E-state index contributed by atoms with van der Waals surface area (Å²) >= 11 is 6.19. The average Bonchev–Trinajstić information content (AvgIpc) is 2.77. The Labute approximate surface area is 179 Å². The number of carbonyl (C=O) groups is 1. The molecule has 1 aliphatic heterocycles. The molecule has 0 amide bonds. The quantitative estimate of drug-likeness (QED) is 0.575. The average molecular weight is 428 g/mol. The SMILES string of the molecule is Cc1c(-c2ccccc2)oc2c(C(=O)OCCN3CCOCC3)cc(Cl)cc2c1=O. The van der Waals surface area contributed by atoms with Crippen LogP contribution in [0, 0.1) is 6.92 Å². The van der Waals surface area contributed by atoms with Crippen molar-refractivity contribution in [2.45, 2.75) is 6.92 Å². The van der Waals surface area contributed by atoms with E-state index in [4.69, 9.17) is 25.5 Å². The Hall–Kier alpha value is -2.67. The van der Waals surface area contributed by atoms with Crippen LogP contribution < -0.4 is 5.43 Å². The fraction of sp³-hybridized carbons (Fsp3) is 0.304. The molecule has 0 saturated carbocycles. The molecule has 1 saturated heterocycles. The zero-order chi connectivity index (χ0) is 21.1. The fourth-order valence-electron chi connectivity index (χ4n) is 3.54. The molecule has 0 atom stereocenters. The highest BCUT2D eigenvalue weighted by molar-refractivity contribution is 6.32. The van der Waals surface area contributed by atoms with Crippen LogP contribution in [0.5, 0.6) is 0 Å². The number of hydrogen-bond donors (Lipinski definition) is 0. The zero-order valence-electron chi connectivity index (χ0n) is 16.7. The van der Waals surface area contributed by atoms with Crippen LogP contribution >= 0.6 is 11.6 Å². The van der Waals surface area contributed by atoms with E-state index in [0.29, 0.717) is 31.1 Å². The summed E-state index contributed by atoms with van der Waals surface area (Å²) in [6.45, 7) is 5.53. The maximum Gasteiger partial charge on any atom is 0.342 e. The van der Waals surface area contributed by atoms with E-state index in [-0.39, 0.29) is 33.6 Å². The van der Waals surface area contributed by atoms with Crippen molar-refractivity contribution in [1.82, 2.24) is 4.90 Å². The summed E-state index contributed by atoms with van der Waals surface area (Å²) in [5.74, 6) is -0.139. The van der Waals surface area contributed by atoms with Gasteiger partial charge >= 0.3 is 5.97 Å². The standard InChI is InChI=1S/C23H22ClNO5/c1-15-20(26)18-13-17(24)14-19(22(18)30-21(15)16-5-3-2-4-6-16)23(27)29-12-9-25-7-10-28-11-8-25/h2-6,13-14H,7-12H2,1H3. The molecule has 1 fully saturated rings. The lowest BCUT2D eigenvalue weighted by Gasteiger charge is -2.26. The van der Waals surface area contributed by atoms with Crippen molar-refractivity contribution < 1.29 is 18.7 Å². The fourth-order valence-corrected chi connectivity index (χ4v) is 3.76. The summed E-state index contributed by atoms with van der Waals surface area (Å²) < 4.78 is 16.9. The molecule has 0 unspecified atom stereocenters. The van der Waals surface area contributed by atoms with Gasteiger partial charge in [0.25, 0.3) is 0 Å². The normalized spacial score (nSPS) is 14.7. The van der Waals surface area contributed by atoms with Crippen LogP contribution in [0.1, 0.15) is 15.9 Å². The van der Waals surface area contributed by atoms with Crippen LogP contribution in [-0.4, -0.2) is 50.3 Å². The molecule has 3 aromatic rings. The van der Waals surface area contributed by atoms with E-state index in [2.05, 4.69) is 4.90 Å². The number of carbonyl (C=O) groups excluding carboxylic acids is 1. The van der Waals surface area contributed by atoms with Gasteiger partial charge in [-0.05, 0) is 19.1 Å². The van der Waals surface area contributed by atoms with Crippen molar-refractivity contribution in [3.05, 3.63) is 68.8 Å². The van der Waals surface area contributed by atoms with E-state index < -0.39 is 5.97 Å². The van der Waals surface area contributed by atoms with Gasteiger partial charge in [0.2, 0.25) is 0 Å². The molecule has 0 spiro atoms. The highest BCUT2D eigenvalue weighted by Crippen LogP contribution is 2.29. The molecule has 156 valence electrons. The molecule has 1 aliphatic rings.